The normalized spacial score (nSPS) is 13.8. The maximum absolute atomic E-state index is 13.4. The molecule has 1 aromatic carbocycles. The Hall–Kier alpha value is -1.45. The van der Waals surface area contributed by atoms with Crippen LogP contribution in [0.15, 0.2) is 24.3 Å². The minimum atomic E-state index is -1.15. The Balaban J connectivity index is 2.63. The van der Waals surface area contributed by atoms with Gasteiger partial charge in [0.15, 0.2) is 0 Å². The molecule has 4 heteroatoms. The summed E-state index contributed by atoms with van der Waals surface area (Å²) in [6, 6.07) is 5.88. The zero-order chi connectivity index (χ0) is 16.4. The van der Waals surface area contributed by atoms with Crippen LogP contribution in [0.25, 0.3) is 0 Å². The molecule has 1 aromatic rings. The van der Waals surface area contributed by atoms with Crippen molar-refractivity contribution in [3.05, 3.63) is 45.8 Å². The molecule has 0 aromatic heterocycles. The van der Waals surface area contributed by atoms with E-state index in [0.29, 0.717) is 18.4 Å². The van der Waals surface area contributed by atoms with Gasteiger partial charge in [0, 0.05) is 23.3 Å². The summed E-state index contributed by atoms with van der Waals surface area (Å²) in [5, 5.41) is 11.7. The van der Waals surface area contributed by atoms with Crippen molar-refractivity contribution in [2.75, 3.05) is 0 Å². The lowest BCUT2D eigenvalue weighted by atomic mass is 9.83. The molecule has 0 aliphatic rings. The first-order chi connectivity index (χ1) is 10.6. The zero-order valence-electron chi connectivity index (χ0n) is 13.8. The van der Waals surface area contributed by atoms with Crippen LogP contribution >= 0.6 is 0 Å². The molecule has 1 unspecified atom stereocenters. The van der Waals surface area contributed by atoms with E-state index in [0.717, 1.165) is 19.3 Å². The topological polar surface area (TPSA) is 43.1 Å². The highest BCUT2D eigenvalue weighted by atomic mass is 19.1. The molecule has 0 saturated heterocycles. The van der Waals surface area contributed by atoms with Crippen LogP contribution in [-0.4, -0.2) is 4.92 Å². The largest absolute Gasteiger partial charge is 0.264 e. The van der Waals surface area contributed by atoms with Crippen molar-refractivity contribution >= 4 is 0 Å². The molecule has 0 saturated carbocycles. The third kappa shape index (κ3) is 5.08. The number of rotatable bonds is 11. The quantitative estimate of drug-likeness (QED) is 0.292. The van der Waals surface area contributed by atoms with E-state index in [1.54, 1.807) is 12.1 Å². The van der Waals surface area contributed by atoms with Crippen LogP contribution in [0.4, 0.5) is 4.39 Å². The van der Waals surface area contributed by atoms with Gasteiger partial charge in [0.25, 0.3) is 0 Å². The molecule has 22 heavy (non-hydrogen) atoms. The lowest BCUT2D eigenvalue weighted by Crippen LogP contribution is -2.34. The second-order valence-electron chi connectivity index (χ2n) is 6.02. The molecule has 0 bridgehead atoms. The van der Waals surface area contributed by atoms with Crippen LogP contribution in [0, 0.1) is 15.9 Å². The summed E-state index contributed by atoms with van der Waals surface area (Å²) in [5.74, 6) is -0.406. The Kier molecular flexibility index (Phi) is 8.07. The molecular weight excluding hydrogens is 281 g/mol. The number of nitro groups is 1. The summed E-state index contributed by atoms with van der Waals surface area (Å²) in [4.78, 5) is 11.4. The van der Waals surface area contributed by atoms with Crippen LogP contribution in [0.2, 0.25) is 0 Å². The van der Waals surface area contributed by atoms with Gasteiger partial charge in [0.2, 0.25) is 5.54 Å². The summed E-state index contributed by atoms with van der Waals surface area (Å²) in [6.45, 7) is 4.00. The first-order valence-electron chi connectivity index (χ1n) is 8.47. The van der Waals surface area contributed by atoms with Crippen molar-refractivity contribution in [1.82, 2.24) is 0 Å². The third-order valence-corrected chi connectivity index (χ3v) is 4.49. The van der Waals surface area contributed by atoms with Crippen LogP contribution in [-0.2, 0) is 5.54 Å². The standard InChI is InChI=1S/C18H28FNO2/c1-3-5-6-7-8-9-10-14-18(4-2,20(21)22)16-12-11-13-17(19)15-16/h11-13,15H,3-10,14H2,1-2H3. The third-order valence-electron chi connectivity index (χ3n) is 4.49. The molecule has 0 aliphatic heterocycles. The van der Waals surface area contributed by atoms with Gasteiger partial charge in [-0.3, -0.25) is 10.1 Å². The molecule has 1 atom stereocenters. The minimum absolute atomic E-state index is 0.223. The lowest BCUT2D eigenvalue weighted by molar-refractivity contribution is -0.582. The van der Waals surface area contributed by atoms with E-state index in [9.17, 15) is 14.5 Å². The molecule has 0 aliphatic carbocycles. The van der Waals surface area contributed by atoms with E-state index in [1.165, 1.54) is 37.8 Å². The van der Waals surface area contributed by atoms with E-state index in [-0.39, 0.29) is 4.92 Å². The van der Waals surface area contributed by atoms with E-state index in [1.807, 2.05) is 6.92 Å². The maximum Gasteiger partial charge on any atom is 0.246 e. The van der Waals surface area contributed by atoms with Crippen LogP contribution in [0.5, 0.6) is 0 Å². The van der Waals surface area contributed by atoms with Gasteiger partial charge in [-0.05, 0) is 18.6 Å². The second-order valence-corrected chi connectivity index (χ2v) is 6.02. The average Bonchev–Trinajstić information content (AvgIpc) is 2.50. The number of halogens is 1. The smallest absolute Gasteiger partial charge is 0.246 e. The first-order valence-corrected chi connectivity index (χ1v) is 8.47. The molecule has 124 valence electrons. The van der Waals surface area contributed by atoms with Crippen molar-refractivity contribution in [1.29, 1.82) is 0 Å². The molecule has 0 heterocycles. The summed E-state index contributed by atoms with van der Waals surface area (Å²) in [6.07, 6.45) is 8.75. The Labute approximate surface area is 133 Å². The Morgan fingerprint density at radius 1 is 1.09 bits per heavy atom. The van der Waals surface area contributed by atoms with E-state index in [4.69, 9.17) is 0 Å². The Bertz CT molecular complexity index is 464. The molecule has 0 fully saturated rings. The van der Waals surface area contributed by atoms with Gasteiger partial charge in [-0.15, -0.1) is 0 Å². The van der Waals surface area contributed by atoms with E-state index in [2.05, 4.69) is 6.92 Å². The number of nitrogens with zero attached hydrogens (tertiary/aromatic N) is 1. The molecule has 3 nitrogen and oxygen atoms in total. The molecule has 0 spiro atoms. The van der Waals surface area contributed by atoms with Gasteiger partial charge in [-0.25, -0.2) is 4.39 Å². The Morgan fingerprint density at radius 3 is 2.27 bits per heavy atom. The van der Waals surface area contributed by atoms with Gasteiger partial charge in [-0.2, -0.15) is 0 Å². The fourth-order valence-electron chi connectivity index (χ4n) is 3.00. The number of benzene rings is 1. The minimum Gasteiger partial charge on any atom is -0.264 e. The molecule has 0 radical (unpaired) electrons. The second kappa shape index (κ2) is 9.54. The molecule has 0 amide bonds. The molecule has 0 N–H and O–H groups in total. The van der Waals surface area contributed by atoms with Crippen LogP contribution in [0.3, 0.4) is 0 Å². The fourth-order valence-corrected chi connectivity index (χ4v) is 3.00. The number of hydrogen-bond acceptors (Lipinski definition) is 2. The fraction of sp³-hybridized carbons (Fsp3) is 0.667. The number of hydrogen-bond donors (Lipinski definition) is 0. The van der Waals surface area contributed by atoms with Crippen molar-refractivity contribution in [3.8, 4) is 0 Å². The predicted molar refractivity (Wildman–Crippen MR) is 88.0 cm³/mol. The summed E-state index contributed by atoms with van der Waals surface area (Å²) >= 11 is 0. The first kappa shape index (κ1) is 18.6. The van der Waals surface area contributed by atoms with Crippen molar-refractivity contribution in [3.63, 3.8) is 0 Å². The van der Waals surface area contributed by atoms with Crippen molar-refractivity contribution < 1.29 is 9.31 Å². The summed E-state index contributed by atoms with van der Waals surface area (Å²) < 4.78 is 13.4. The molecule has 1 rings (SSSR count). The van der Waals surface area contributed by atoms with Gasteiger partial charge >= 0.3 is 0 Å². The van der Waals surface area contributed by atoms with Crippen LogP contribution in [0.1, 0.15) is 77.2 Å². The lowest BCUT2D eigenvalue weighted by Gasteiger charge is -2.24. The van der Waals surface area contributed by atoms with Crippen LogP contribution < -0.4 is 0 Å². The van der Waals surface area contributed by atoms with Crippen molar-refractivity contribution in [2.24, 2.45) is 0 Å². The highest BCUT2D eigenvalue weighted by molar-refractivity contribution is 5.23. The average molecular weight is 309 g/mol. The zero-order valence-corrected chi connectivity index (χ0v) is 13.8. The summed E-state index contributed by atoms with van der Waals surface area (Å²) in [7, 11) is 0. The van der Waals surface area contributed by atoms with Gasteiger partial charge in [-0.1, -0.05) is 64.5 Å². The Morgan fingerprint density at radius 2 is 1.73 bits per heavy atom. The van der Waals surface area contributed by atoms with E-state index >= 15 is 0 Å². The van der Waals surface area contributed by atoms with Crippen molar-refractivity contribution in [2.45, 2.75) is 77.2 Å². The predicted octanol–water partition coefficient (Wildman–Crippen LogP) is 5.85. The molecular formula is C18H28FNO2. The maximum atomic E-state index is 13.4. The van der Waals surface area contributed by atoms with Gasteiger partial charge in [0.1, 0.15) is 5.82 Å². The van der Waals surface area contributed by atoms with E-state index < -0.39 is 11.4 Å². The van der Waals surface area contributed by atoms with Gasteiger partial charge < -0.3 is 0 Å². The monoisotopic (exact) mass is 309 g/mol. The SMILES string of the molecule is CCCCCCCCCC(CC)(c1cccc(F)c1)[N+](=O)[O-]. The summed E-state index contributed by atoms with van der Waals surface area (Å²) in [5.41, 5.74) is -0.656. The van der Waals surface area contributed by atoms with Gasteiger partial charge in [0.05, 0.1) is 0 Å². The number of unbranched alkanes of at least 4 members (excludes halogenated alkanes) is 6. The highest BCUT2D eigenvalue weighted by Crippen LogP contribution is 2.34. The highest BCUT2D eigenvalue weighted by Gasteiger charge is 2.42.